The normalized spacial score (nSPS) is 10.2. The van der Waals surface area contributed by atoms with Crippen LogP contribution in [0.4, 0.5) is 5.69 Å². The van der Waals surface area contributed by atoms with Crippen LogP contribution in [0.1, 0.15) is 26.3 Å². The first-order chi connectivity index (χ1) is 9.02. The highest BCUT2D eigenvalue weighted by molar-refractivity contribution is 7.08. The topological polar surface area (TPSA) is 57.6 Å². The lowest BCUT2D eigenvalue weighted by molar-refractivity contribution is 0.0697. The molecule has 0 fully saturated rings. The lowest BCUT2D eigenvalue weighted by atomic mass is 10.1. The van der Waals surface area contributed by atoms with Crippen LogP contribution in [0.5, 0.6) is 0 Å². The number of benzene rings is 1. The number of thiophene rings is 1. The van der Waals surface area contributed by atoms with Crippen molar-refractivity contribution in [3.05, 3.63) is 51.7 Å². The highest BCUT2D eigenvalue weighted by Gasteiger charge is 2.20. The summed E-state index contributed by atoms with van der Waals surface area (Å²) in [6.45, 7) is 1.86. The van der Waals surface area contributed by atoms with Crippen molar-refractivity contribution in [3.63, 3.8) is 0 Å². The second-order valence-corrected chi connectivity index (χ2v) is 4.90. The van der Waals surface area contributed by atoms with Gasteiger partial charge in [-0.1, -0.05) is 12.1 Å². The lowest BCUT2D eigenvalue weighted by Gasteiger charge is -2.19. The van der Waals surface area contributed by atoms with E-state index in [-0.39, 0.29) is 11.5 Å². The summed E-state index contributed by atoms with van der Waals surface area (Å²) in [5.74, 6) is -1.25. The van der Waals surface area contributed by atoms with E-state index in [1.54, 1.807) is 30.6 Å². The summed E-state index contributed by atoms with van der Waals surface area (Å²) in [7, 11) is 1.58. The third-order valence-electron chi connectivity index (χ3n) is 2.89. The number of hydrogen-bond acceptors (Lipinski definition) is 3. The molecule has 1 aromatic carbocycles. The molecule has 1 N–H and O–H groups in total. The van der Waals surface area contributed by atoms with E-state index in [0.717, 1.165) is 5.56 Å². The third-order valence-corrected chi connectivity index (χ3v) is 3.75. The molecule has 2 rings (SSSR count). The molecular weight excluding hydrogens is 262 g/mol. The number of para-hydroxylation sites is 1. The average molecular weight is 275 g/mol. The van der Waals surface area contributed by atoms with Crippen LogP contribution in [-0.2, 0) is 0 Å². The molecule has 0 aliphatic heterocycles. The monoisotopic (exact) mass is 275 g/mol. The van der Waals surface area contributed by atoms with Gasteiger partial charge in [0.2, 0.25) is 0 Å². The van der Waals surface area contributed by atoms with Crippen LogP contribution in [0.15, 0.2) is 35.0 Å². The Morgan fingerprint density at radius 1 is 1.16 bits per heavy atom. The zero-order chi connectivity index (χ0) is 14.0. The van der Waals surface area contributed by atoms with Gasteiger partial charge in [-0.3, -0.25) is 4.79 Å². The van der Waals surface area contributed by atoms with Crippen molar-refractivity contribution >= 4 is 28.9 Å². The van der Waals surface area contributed by atoms with Gasteiger partial charge in [-0.05, 0) is 30.0 Å². The Balaban J connectivity index is 2.40. The first-order valence-corrected chi connectivity index (χ1v) is 6.60. The Labute approximate surface area is 114 Å². The lowest BCUT2D eigenvalue weighted by Crippen LogP contribution is -2.28. The van der Waals surface area contributed by atoms with Gasteiger partial charge in [0, 0.05) is 12.4 Å². The molecule has 1 aromatic heterocycles. The minimum atomic E-state index is -1.04. The fraction of sp³-hybridized carbons (Fsp3) is 0.143. The number of aromatic carboxylic acids is 1. The summed E-state index contributed by atoms with van der Waals surface area (Å²) in [5.41, 5.74) is 2.01. The fourth-order valence-corrected chi connectivity index (χ4v) is 2.64. The SMILES string of the molecule is Cc1cscc1C(=O)N(C)c1ccccc1C(=O)O. The number of rotatable bonds is 3. The first-order valence-electron chi connectivity index (χ1n) is 5.65. The zero-order valence-electron chi connectivity index (χ0n) is 10.6. The second kappa shape index (κ2) is 5.24. The number of amides is 1. The minimum Gasteiger partial charge on any atom is -0.478 e. The molecule has 0 unspecified atom stereocenters. The van der Waals surface area contributed by atoms with Crippen molar-refractivity contribution in [2.45, 2.75) is 6.92 Å². The number of nitrogens with zero attached hydrogens (tertiary/aromatic N) is 1. The molecule has 0 saturated carbocycles. The van der Waals surface area contributed by atoms with E-state index < -0.39 is 5.97 Å². The van der Waals surface area contributed by atoms with Crippen molar-refractivity contribution in [2.75, 3.05) is 11.9 Å². The molecule has 2 aromatic rings. The Kier molecular flexibility index (Phi) is 3.66. The van der Waals surface area contributed by atoms with E-state index in [2.05, 4.69) is 0 Å². The van der Waals surface area contributed by atoms with E-state index in [9.17, 15) is 9.59 Å². The maximum Gasteiger partial charge on any atom is 0.337 e. The summed E-state index contributed by atoms with van der Waals surface area (Å²) >= 11 is 1.45. The van der Waals surface area contributed by atoms with Crippen molar-refractivity contribution in [3.8, 4) is 0 Å². The van der Waals surface area contributed by atoms with Crippen molar-refractivity contribution < 1.29 is 14.7 Å². The van der Waals surface area contributed by atoms with Gasteiger partial charge in [0.1, 0.15) is 0 Å². The van der Waals surface area contributed by atoms with Crippen molar-refractivity contribution in [1.82, 2.24) is 0 Å². The third kappa shape index (κ3) is 2.51. The van der Waals surface area contributed by atoms with E-state index in [1.807, 2.05) is 12.3 Å². The summed E-state index contributed by atoms with van der Waals surface area (Å²) in [6.07, 6.45) is 0. The van der Waals surface area contributed by atoms with Gasteiger partial charge in [0.05, 0.1) is 16.8 Å². The maximum atomic E-state index is 12.3. The zero-order valence-corrected chi connectivity index (χ0v) is 11.4. The van der Waals surface area contributed by atoms with Gasteiger partial charge >= 0.3 is 5.97 Å². The molecule has 1 amide bonds. The Morgan fingerprint density at radius 2 is 1.84 bits per heavy atom. The Hall–Kier alpha value is -2.14. The molecule has 4 nitrogen and oxygen atoms in total. The number of hydrogen-bond donors (Lipinski definition) is 1. The molecule has 0 radical (unpaired) electrons. The molecule has 1 heterocycles. The standard InChI is InChI=1S/C14H13NO3S/c1-9-7-19-8-11(9)13(16)15(2)12-6-4-3-5-10(12)14(17)18/h3-8H,1-2H3,(H,17,18). The van der Waals surface area contributed by atoms with E-state index in [4.69, 9.17) is 5.11 Å². The Bertz CT molecular complexity index is 633. The van der Waals surface area contributed by atoms with Crippen LogP contribution in [0.3, 0.4) is 0 Å². The van der Waals surface area contributed by atoms with Crippen LogP contribution < -0.4 is 4.90 Å². The number of carboxylic acid groups (broad SMARTS) is 1. The van der Waals surface area contributed by atoms with Crippen molar-refractivity contribution in [1.29, 1.82) is 0 Å². The molecule has 0 saturated heterocycles. The largest absolute Gasteiger partial charge is 0.478 e. The predicted molar refractivity (Wildman–Crippen MR) is 75.2 cm³/mol. The molecule has 0 bridgehead atoms. The highest BCUT2D eigenvalue weighted by Crippen LogP contribution is 2.23. The highest BCUT2D eigenvalue weighted by atomic mass is 32.1. The second-order valence-electron chi connectivity index (χ2n) is 4.15. The van der Waals surface area contributed by atoms with Gasteiger partial charge in [-0.15, -0.1) is 0 Å². The van der Waals surface area contributed by atoms with Crippen LogP contribution in [0.2, 0.25) is 0 Å². The molecule has 19 heavy (non-hydrogen) atoms. The van der Waals surface area contributed by atoms with Crippen LogP contribution in [0, 0.1) is 6.92 Å². The van der Waals surface area contributed by atoms with Crippen LogP contribution >= 0.6 is 11.3 Å². The molecule has 0 aliphatic carbocycles. The van der Waals surface area contributed by atoms with Gasteiger partial charge < -0.3 is 10.0 Å². The molecular formula is C14H13NO3S. The number of carbonyl (C=O) groups is 2. The van der Waals surface area contributed by atoms with Crippen LogP contribution in [-0.4, -0.2) is 24.0 Å². The first kappa shape index (κ1) is 13.3. The molecule has 0 spiro atoms. The summed E-state index contributed by atoms with van der Waals surface area (Å²) < 4.78 is 0. The van der Waals surface area contributed by atoms with Crippen molar-refractivity contribution in [2.24, 2.45) is 0 Å². The van der Waals surface area contributed by atoms with Gasteiger partial charge in [-0.25, -0.2) is 4.79 Å². The average Bonchev–Trinajstić information content (AvgIpc) is 2.83. The maximum absolute atomic E-state index is 12.3. The summed E-state index contributed by atoms with van der Waals surface area (Å²) in [4.78, 5) is 24.9. The van der Waals surface area contributed by atoms with E-state index in [1.165, 1.54) is 22.3 Å². The predicted octanol–water partition coefficient (Wildman–Crippen LogP) is 3.03. The fourth-order valence-electron chi connectivity index (χ4n) is 1.82. The summed E-state index contributed by atoms with van der Waals surface area (Å²) in [5, 5.41) is 12.8. The number of aryl methyl sites for hydroxylation is 1. The van der Waals surface area contributed by atoms with Gasteiger partial charge in [0.25, 0.3) is 5.91 Å². The van der Waals surface area contributed by atoms with E-state index >= 15 is 0 Å². The number of carboxylic acids is 1. The molecule has 0 atom stereocenters. The smallest absolute Gasteiger partial charge is 0.337 e. The quantitative estimate of drug-likeness (QED) is 0.936. The van der Waals surface area contributed by atoms with Crippen LogP contribution in [0.25, 0.3) is 0 Å². The van der Waals surface area contributed by atoms with Gasteiger partial charge in [-0.2, -0.15) is 11.3 Å². The minimum absolute atomic E-state index is 0.117. The molecule has 98 valence electrons. The number of carbonyl (C=O) groups excluding carboxylic acids is 1. The summed E-state index contributed by atoms with van der Waals surface area (Å²) in [6, 6.07) is 6.47. The van der Waals surface area contributed by atoms with E-state index in [0.29, 0.717) is 11.3 Å². The van der Waals surface area contributed by atoms with Gasteiger partial charge in [0.15, 0.2) is 0 Å². The Morgan fingerprint density at radius 3 is 2.42 bits per heavy atom. The number of anilines is 1. The molecule has 0 aliphatic rings. The molecule has 5 heteroatoms.